The summed E-state index contributed by atoms with van der Waals surface area (Å²) in [6.07, 6.45) is 2.36. The number of carbonyl (C=O) groups is 1. The average Bonchev–Trinajstić information content (AvgIpc) is 3.41. The Labute approximate surface area is 416 Å². The van der Waals surface area contributed by atoms with Gasteiger partial charge in [0.25, 0.3) is 0 Å². The van der Waals surface area contributed by atoms with Gasteiger partial charge in [0.05, 0.1) is 12.2 Å². The van der Waals surface area contributed by atoms with Crippen molar-refractivity contribution >= 4 is 5.97 Å². The molecule has 0 saturated carbocycles. The number of hydrogen-bond donors (Lipinski definition) is 2. The molecule has 1 aromatic heterocycles. The van der Waals surface area contributed by atoms with E-state index in [0.29, 0.717) is 86.6 Å². The lowest BCUT2D eigenvalue weighted by Crippen LogP contribution is -2.43. The molecule has 0 aliphatic heterocycles. The molecule has 14 heteroatoms. The third-order valence-corrected chi connectivity index (χ3v) is 11.2. The maximum atomic E-state index is 13.7. The molecule has 8 rings (SSSR count). The number of unbranched alkanes of at least 4 members (excludes halogenated alkanes) is 3. The highest BCUT2D eigenvalue weighted by atomic mass is 16.5. The number of aromatic amines is 2. The molecule has 2 N–H and O–H groups in total. The number of H-pyrrole nitrogens is 2. The molecule has 368 valence electrons. The van der Waals surface area contributed by atoms with Gasteiger partial charge in [-0.3, -0.25) is 9.97 Å². The van der Waals surface area contributed by atoms with Crippen molar-refractivity contribution in [1.29, 1.82) is 0 Å². The van der Waals surface area contributed by atoms with Crippen molar-refractivity contribution in [2.75, 3.05) is 6.61 Å². The first kappa shape index (κ1) is 49.6. The summed E-state index contributed by atoms with van der Waals surface area (Å²) in [5, 5.41) is 0. The van der Waals surface area contributed by atoms with Crippen molar-refractivity contribution in [2.24, 2.45) is 0 Å². The van der Waals surface area contributed by atoms with Gasteiger partial charge in [0.1, 0.15) is 74.1 Å². The third kappa shape index (κ3) is 15.6. The van der Waals surface area contributed by atoms with Crippen molar-refractivity contribution in [3.63, 3.8) is 0 Å². The number of carbonyl (C=O) groups excluding carboxylic acids is 1. The SMILES string of the molecule is O=C(OCCCCCCn1c(=O)[nH]c(=O)[nH]c1=O)c1cc(OCc2cc(OCc3ccccc3)cc(OCc3ccccc3)c2)cc(OCc2cc(OCc3ccccc3)cc(OCc3ccccc3)c2)c1. The van der Waals surface area contributed by atoms with E-state index < -0.39 is 23.0 Å². The van der Waals surface area contributed by atoms with Crippen LogP contribution in [-0.4, -0.2) is 27.1 Å². The summed E-state index contributed by atoms with van der Waals surface area (Å²) in [5.74, 6) is 2.56. The molecule has 72 heavy (non-hydrogen) atoms. The van der Waals surface area contributed by atoms with E-state index in [-0.39, 0.29) is 31.9 Å². The zero-order chi connectivity index (χ0) is 49.7. The van der Waals surface area contributed by atoms with Gasteiger partial charge < -0.3 is 33.2 Å². The van der Waals surface area contributed by atoms with Gasteiger partial charge >= 0.3 is 23.0 Å². The molecule has 7 aromatic carbocycles. The largest absolute Gasteiger partial charge is 0.489 e. The highest BCUT2D eigenvalue weighted by Gasteiger charge is 2.15. The van der Waals surface area contributed by atoms with E-state index >= 15 is 0 Å². The Hall–Kier alpha value is -8.78. The fourth-order valence-electron chi connectivity index (χ4n) is 7.54. The van der Waals surface area contributed by atoms with Gasteiger partial charge in [-0.05, 0) is 89.0 Å². The van der Waals surface area contributed by atoms with E-state index in [9.17, 15) is 19.2 Å². The fraction of sp³-hybridized carbons (Fsp3) is 0.207. The molecule has 1 heterocycles. The van der Waals surface area contributed by atoms with Gasteiger partial charge in [-0.2, -0.15) is 0 Å². The van der Waals surface area contributed by atoms with Gasteiger partial charge in [-0.15, -0.1) is 0 Å². The minimum Gasteiger partial charge on any atom is -0.489 e. The smallest absolute Gasteiger partial charge is 0.338 e. The molecule has 0 atom stereocenters. The van der Waals surface area contributed by atoms with E-state index in [0.717, 1.165) is 37.9 Å². The molecule has 0 bridgehead atoms. The molecular weight excluding hydrogens is 915 g/mol. The van der Waals surface area contributed by atoms with Crippen LogP contribution >= 0.6 is 0 Å². The second-order valence-electron chi connectivity index (χ2n) is 16.9. The van der Waals surface area contributed by atoms with Crippen molar-refractivity contribution in [2.45, 2.75) is 71.9 Å². The first-order valence-electron chi connectivity index (χ1n) is 23.7. The second kappa shape index (κ2) is 25.7. The number of nitrogens with one attached hydrogen (secondary N) is 2. The number of benzene rings is 7. The molecule has 14 nitrogen and oxygen atoms in total. The van der Waals surface area contributed by atoms with E-state index in [4.69, 9.17) is 33.2 Å². The average molecular weight is 970 g/mol. The van der Waals surface area contributed by atoms with Crippen LogP contribution in [0.5, 0.6) is 34.5 Å². The molecule has 8 aromatic rings. The Morgan fingerprint density at radius 1 is 0.375 bits per heavy atom. The Kier molecular flexibility index (Phi) is 17.7. The monoisotopic (exact) mass is 969 g/mol. The van der Waals surface area contributed by atoms with Crippen LogP contribution in [0.2, 0.25) is 0 Å². The molecule has 0 amide bonds. The minimum absolute atomic E-state index is 0.0993. The van der Waals surface area contributed by atoms with Gasteiger partial charge in [0.2, 0.25) is 0 Å². The highest BCUT2D eigenvalue weighted by molar-refractivity contribution is 5.90. The lowest BCUT2D eigenvalue weighted by molar-refractivity contribution is 0.0496. The van der Waals surface area contributed by atoms with Gasteiger partial charge in [0, 0.05) is 24.7 Å². The molecule has 0 fully saturated rings. The normalized spacial score (nSPS) is 10.8. The summed E-state index contributed by atoms with van der Waals surface area (Å²) in [4.78, 5) is 53.3. The van der Waals surface area contributed by atoms with Crippen LogP contribution in [0.1, 0.15) is 69.4 Å². The maximum Gasteiger partial charge on any atom is 0.338 e. The topological polar surface area (TPSA) is 169 Å². The number of aromatic nitrogens is 3. The number of rotatable bonds is 26. The van der Waals surface area contributed by atoms with Crippen LogP contribution in [0.4, 0.5) is 0 Å². The van der Waals surface area contributed by atoms with Crippen LogP contribution in [0.25, 0.3) is 0 Å². The first-order valence-corrected chi connectivity index (χ1v) is 23.7. The summed E-state index contributed by atoms with van der Waals surface area (Å²) >= 11 is 0. The summed E-state index contributed by atoms with van der Waals surface area (Å²) in [7, 11) is 0. The van der Waals surface area contributed by atoms with Crippen LogP contribution in [0, 0.1) is 0 Å². The summed E-state index contributed by atoms with van der Waals surface area (Å²) < 4.78 is 44.5. The summed E-state index contributed by atoms with van der Waals surface area (Å²) in [6.45, 7) is 1.89. The van der Waals surface area contributed by atoms with Crippen LogP contribution in [0.15, 0.2) is 190 Å². The predicted octanol–water partition coefficient (Wildman–Crippen LogP) is 10.1. The Morgan fingerprint density at radius 3 is 1.06 bits per heavy atom. The first-order chi connectivity index (χ1) is 35.3. The number of ether oxygens (including phenoxy) is 7. The van der Waals surface area contributed by atoms with Gasteiger partial charge in [-0.1, -0.05) is 128 Å². The molecule has 0 aliphatic rings. The predicted molar refractivity (Wildman–Crippen MR) is 272 cm³/mol. The Morgan fingerprint density at radius 2 is 0.694 bits per heavy atom. The van der Waals surface area contributed by atoms with Crippen molar-refractivity contribution in [3.05, 3.63) is 246 Å². The standard InChI is InChI=1S/C58H55N3O11/c62-55(66-26-16-2-1-15-25-61-57(64)59-56(63)60-58(61)65)48-31-53(71-40-46-27-49(67-36-42-17-7-3-8-18-42)33-50(28-46)68-37-43-19-9-4-10-20-43)35-54(32-48)72-41-47-29-51(69-38-44-21-11-5-12-22-44)34-52(30-47)70-39-45-23-13-6-14-24-45/h3-14,17-24,27-35H,1-2,15-16,25-26,36-41H2,(H2,59,60,63,64,65). The quantitative estimate of drug-likeness (QED) is 0.0391. The van der Waals surface area contributed by atoms with Gasteiger partial charge in [0.15, 0.2) is 0 Å². The molecule has 0 unspecified atom stereocenters. The lowest BCUT2D eigenvalue weighted by Gasteiger charge is -2.16. The molecule has 0 aliphatic carbocycles. The molecule has 0 radical (unpaired) electrons. The van der Waals surface area contributed by atoms with Crippen molar-refractivity contribution < 1.29 is 38.0 Å². The summed E-state index contributed by atoms with van der Waals surface area (Å²) in [6, 6.07) is 55.8. The Balaban J connectivity index is 0.983. The molecule has 0 spiro atoms. The fourth-order valence-corrected chi connectivity index (χ4v) is 7.54. The molecule has 0 saturated heterocycles. The minimum atomic E-state index is -0.846. The molecular formula is C58H55N3O11. The van der Waals surface area contributed by atoms with E-state index in [1.165, 1.54) is 0 Å². The second-order valence-corrected chi connectivity index (χ2v) is 16.9. The van der Waals surface area contributed by atoms with Crippen LogP contribution in [0.3, 0.4) is 0 Å². The number of hydrogen-bond acceptors (Lipinski definition) is 11. The van der Waals surface area contributed by atoms with Gasteiger partial charge in [-0.25, -0.2) is 23.7 Å². The lowest BCUT2D eigenvalue weighted by atomic mass is 10.1. The van der Waals surface area contributed by atoms with Crippen molar-refractivity contribution in [1.82, 2.24) is 14.5 Å². The van der Waals surface area contributed by atoms with Crippen LogP contribution in [-0.2, 0) is 50.9 Å². The van der Waals surface area contributed by atoms with E-state index in [1.807, 2.05) is 158 Å². The number of nitrogens with zero attached hydrogens (tertiary/aromatic N) is 1. The number of esters is 1. The van der Waals surface area contributed by atoms with E-state index in [2.05, 4.69) is 9.97 Å². The van der Waals surface area contributed by atoms with Crippen molar-refractivity contribution in [3.8, 4) is 34.5 Å². The zero-order valence-corrected chi connectivity index (χ0v) is 39.7. The van der Waals surface area contributed by atoms with Crippen LogP contribution < -0.4 is 45.5 Å². The highest BCUT2D eigenvalue weighted by Crippen LogP contribution is 2.30. The van der Waals surface area contributed by atoms with E-state index in [1.54, 1.807) is 18.2 Å². The zero-order valence-electron chi connectivity index (χ0n) is 39.7. The Bertz CT molecular complexity index is 2850. The summed E-state index contributed by atoms with van der Waals surface area (Å²) in [5.41, 5.74) is 3.46. The maximum absolute atomic E-state index is 13.7. The third-order valence-electron chi connectivity index (χ3n) is 11.2.